The molecule has 2 amide bonds. The smallest absolute Gasteiger partial charge is 0.286 e. The summed E-state index contributed by atoms with van der Waals surface area (Å²) in [5.74, 6) is 0.212. The molecule has 3 aromatic rings. The van der Waals surface area contributed by atoms with E-state index in [0.29, 0.717) is 37.5 Å². The maximum Gasteiger partial charge on any atom is 0.286 e. The van der Waals surface area contributed by atoms with Crippen LogP contribution in [0.15, 0.2) is 59.1 Å². The van der Waals surface area contributed by atoms with E-state index in [0.717, 1.165) is 51.4 Å². The topological polar surface area (TPSA) is 80.0 Å². The van der Waals surface area contributed by atoms with E-state index in [2.05, 4.69) is 10.2 Å². The molecule has 1 aromatic carbocycles. The number of nitrogens with zero attached hydrogens (tertiary/aromatic N) is 3. The number of amides is 2. The molecule has 3 heterocycles. The number of rotatable bonds is 12. The van der Waals surface area contributed by atoms with Crippen molar-refractivity contribution in [2.75, 3.05) is 45.9 Å². The molecule has 0 radical (unpaired) electrons. The number of carbonyl (C=O) groups is 2. The molecule has 9 heteroatoms. The van der Waals surface area contributed by atoms with Crippen LogP contribution in [-0.4, -0.2) is 72.1 Å². The summed E-state index contributed by atoms with van der Waals surface area (Å²) in [6.07, 6.45) is 3.60. The molecule has 1 fully saturated rings. The van der Waals surface area contributed by atoms with Crippen LogP contribution < -0.4 is 5.32 Å². The molecule has 1 saturated heterocycles. The summed E-state index contributed by atoms with van der Waals surface area (Å²) >= 11 is 0. The van der Waals surface area contributed by atoms with Gasteiger partial charge in [-0.05, 0) is 67.9 Å². The standard InChI is InChI=1S/C28H35FN4O4/c1-2-13-33(28(35)22-6-8-23(29)9-7-22)20-24-5-3-15-32(24)21-25-10-11-26(37-25)27(34)30-12-4-14-31-16-18-36-19-17-31/h3,5-11,15H,2,4,12-14,16-21H2,1H3,(H,30,34). The van der Waals surface area contributed by atoms with Gasteiger partial charge in [-0.2, -0.15) is 0 Å². The van der Waals surface area contributed by atoms with Gasteiger partial charge in [-0.15, -0.1) is 0 Å². The summed E-state index contributed by atoms with van der Waals surface area (Å²) in [5.41, 5.74) is 1.40. The minimum atomic E-state index is -0.369. The lowest BCUT2D eigenvalue weighted by Crippen LogP contribution is -2.38. The number of hydrogen-bond acceptors (Lipinski definition) is 5. The second-order valence-electron chi connectivity index (χ2n) is 9.19. The zero-order chi connectivity index (χ0) is 26.0. The van der Waals surface area contributed by atoms with Crippen molar-refractivity contribution in [3.63, 3.8) is 0 Å². The summed E-state index contributed by atoms with van der Waals surface area (Å²) in [6.45, 7) is 8.38. The minimum Gasteiger partial charge on any atom is -0.454 e. The Kier molecular flexibility index (Phi) is 9.51. The van der Waals surface area contributed by atoms with Crippen molar-refractivity contribution in [1.29, 1.82) is 0 Å². The van der Waals surface area contributed by atoms with Crippen LogP contribution in [0.3, 0.4) is 0 Å². The predicted octanol–water partition coefficient (Wildman–Crippen LogP) is 3.77. The number of furan rings is 1. The van der Waals surface area contributed by atoms with Crippen molar-refractivity contribution in [1.82, 2.24) is 19.7 Å². The van der Waals surface area contributed by atoms with Gasteiger partial charge in [0, 0.05) is 43.6 Å². The van der Waals surface area contributed by atoms with Gasteiger partial charge in [-0.1, -0.05) is 6.92 Å². The van der Waals surface area contributed by atoms with Crippen LogP contribution in [0.4, 0.5) is 4.39 Å². The molecular weight excluding hydrogens is 475 g/mol. The maximum absolute atomic E-state index is 13.3. The number of halogens is 1. The average molecular weight is 511 g/mol. The number of benzene rings is 1. The van der Waals surface area contributed by atoms with Crippen molar-refractivity contribution in [2.24, 2.45) is 0 Å². The lowest BCUT2D eigenvalue weighted by Gasteiger charge is -2.26. The summed E-state index contributed by atoms with van der Waals surface area (Å²) in [7, 11) is 0. The molecular formula is C28H35FN4O4. The predicted molar refractivity (Wildman–Crippen MR) is 138 cm³/mol. The van der Waals surface area contributed by atoms with E-state index in [9.17, 15) is 14.0 Å². The van der Waals surface area contributed by atoms with Crippen LogP contribution in [0.2, 0.25) is 0 Å². The molecule has 37 heavy (non-hydrogen) atoms. The van der Waals surface area contributed by atoms with Gasteiger partial charge < -0.3 is 23.9 Å². The highest BCUT2D eigenvalue weighted by Crippen LogP contribution is 2.16. The Labute approximate surface area is 217 Å². The van der Waals surface area contributed by atoms with Gasteiger partial charge in [-0.25, -0.2) is 4.39 Å². The first-order valence-corrected chi connectivity index (χ1v) is 12.9. The van der Waals surface area contributed by atoms with Crippen molar-refractivity contribution < 1.29 is 23.1 Å². The second kappa shape index (κ2) is 13.2. The van der Waals surface area contributed by atoms with E-state index in [4.69, 9.17) is 9.15 Å². The minimum absolute atomic E-state index is 0.139. The highest BCUT2D eigenvalue weighted by atomic mass is 19.1. The van der Waals surface area contributed by atoms with Crippen LogP contribution in [0, 0.1) is 5.82 Å². The van der Waals surface area contributed by atoms with Crippen LogP contribution in [0.25, 0.3) is 0 Å². The Hall–Kier alpha value is -3.43. The third-order valence-corrected chi connectivity index (χ3v) is 6.40. The summed E-state index contributed by atoms with van der Waals surface area (Å²) in [6, 6.07) is 13.0. The fourth-order valence-corrected chi connectivity index (χ4v) is 4.41. The molecule has 0 unspecified atom stereocenters. The lowest BCUT2D eigenvalue weighted by molar-refractivity contribution is 0.0374. The third-order valence-electron chi connectivity index (χ3n) is 6.40. The molecule has 0 atom stereocenters. The van der Waals surface area contributed by atoms with Crippen LogP contribution >= 0.6 is 0 Å². The Morgan fingerprint density at radius 3 is 2.62 bits per heavy atom. The highest BCUT2D eigenvalue weighted by molar-refractivity contribution is 5.94. The number of carbonyl (C=O) groups excluding carboxylic acids is 2. The molecule has 4 rings (SSSR count). The summed E-state index contributed by atoms with van der Waals surface area (Å²) < 4.78 is 26.5. The Morgan fingerprint density at radius 2 is 1.86 bits per heavy atom. The summed E-state index contributed by atoms with van der Waals surface area (Å²) in [5, 5.41) is 2.93. The molecule has 1 aliphatic rings. The molecule has 2 aromatic heterocycles. The first-order chi connectivity index (χ1) is 18.0. The SMILES string of the molecule is CCCN(Cc1cccn1Cc1ccc(C(=O)NCCCN2CCOCC2)o1)C(=O)c1ccc(F)cc1. The zero-order valence-corrected chi connectivity index (χ0v) is 21.3. The van der Waals surface area contributed by atoms with Crippen LogP contribution in [0.5, 0.6) is 0 Å². The molecule has 0 aliphatic carbocycles. The van der Waals surface area contributed by atoms with E-state index >= 15 is 0 Å². The molecule has 0 saturated carbocycles. The molecule has 0 bridgehead atoms. The fraction of sp³-hybridized carbons (Fsp3) is 0.429. The van der Waals surface area contributed by atoms with Gasteiger partial charge in [0.05, 0.1) is 26.3 Å². The van der Waals surface area contributed by atoms with E-state index < -0.39 is 0 Å². The lowest BCUT2D eigenvalue weighted by atomic mass is 10.2. The first kappa shape index (κ1) is 26.6. The van der Waals surface area contributed by atoms with Crippen molar-refractivity contribution in [3.8, 4) is 0 Å². The molecule has 198 valence electrons. The van der Waals surface area contributed by atoms with Crippen molar-refractivity contribution >= 4 is 11.8 Å². The van der Waals surface area contributed by atoms with Crippen molar-refractivity contribution in [2.45, 2.75) is 32.9 Å². The molecule has 8 nitrogen and oxygen atoms in total. The van der Waals surface area contributed by atoms with Crippen molar-refractivity contribution in [3.05, 3.63) is 83.3 Å². The van der Waals surface area contributed by atoms with Gasteiger partial charge in [-0.3, -0.25) is 14.5 Å². The van der Waals surface area contributed by atoms with E-state index in [1.807, 2.05) is 29.8 Å². The largest absolute Gasteiger partial charge is 0.454 e. The summed E-state index contributed by atoms with van der Waals surface area (Å²) in [4.78, 5) is 29.7. The fourth-order valence-electron chi connectivity index (χ4n) is 4.41. The first-order valence-electron chi connectivity index (χ1n) is 12.9. The zero-order valence-electron chi connectivity index (χ0n) is 21.3. The highest BCUT2D eigenvalue weighted by Gasteiger charge is 2.18. The third kappa shape index (κ3) is 7.53. The van der Waals surface area contributed by atoms with Gasteiger partial charge in [0.25, 0.3) is 11.8 Å². The monoisotopic (exact) mass is 510 g/mol. The van der Waals surface area contributed by atoms with Gasteiger partial charge in [0.1, 0.15) is 11.6 Å². The van der Waals surface area contributed by atoms with E-state index in [-0.39, 0.29) is 23.4 Å². The van der Waals surface area contributed by atoms with Crippen LogP contribution in [-0.2, 0) is 17.8 Å². The Bertz CT molecular complexity index is 1150. The second-order valence-corrected chi connectivity index (χ2v) is 9.19. The van der Waals surface area contributed by atoms with Gasteiger partial charge >= 0.3 is 0 Å². The quantitative estimate of drug-likeness (QED) is 0.375. The van der Waals surface area contributed by atoms with E-state index in [1.165, 1.54) is 24.3 Å². The number of hydrogen-bond donors (Lipinski definition) is 1. The number of aromatic nitrogens is 1. The normalized spacial score (nSPS) is 14.0. The van der Waals surface area contributed by atoms with E-state index in [1.54, 1.807) is 17.0 Å². The number of morpholine rings is 1. The van der Waals surface area contributed by atoms with Gasteiger partial charge in [0.15, 0.2) is 5.76 Å². The molecule has 1 N–H and O–H groups in total. The molecule has 0 spiro atoms. The molecule has 1 aliphatic heterocycles. The Morgan fingerprint density at radius 1 is 1.08 bits per heavy atom. The van der Waals surface area contributed by atoms with Gasteiger partial charge in [0.2, 0.25) is 0 Å². The average Bonchev–Trinajstić information content (AvgIpc) is 3.57. The van der Waals surface area contributed by atoms with Crippen LogP contribution in [0.1, 0.15) is 52.1 Å². The maximum atomic E-state index is 13.3. The number of nitrogens with one attached hydrogen (secondary N) is 1. The number of ether oxygens (including phenoxy) is 1. The Balaban J connectivity index is 1.31.